The maximum absolute atomic E-state index is 11.2. The molecule has 3 nitrogen and oxygen atoms in total. The standard InChI is InChI=1S/C14H13ClO3/c1-14(2,15)12-6-9-5-8-3-4-13(16)18-10(8)7-11(9)17-12/h3-5,7,12H,6H2,1-2H3/t12-/m1/s1. The highest BCUT2D eigenvalue weighted by atomic mass is 35.5. The third-order valence-corrected chi connectivity index (χ3v) is 3.49. The van der Waals surface area contributed by atoms with Crippen LogP contribution in [0, 0.1) is 0 Å². The summed E-state index contributed by atoms with van der Waals surface area (Å²) in [6.45, 7) is 3.87. The molecule has 1 aromatic heterocycles. The summed E-state index contributed by atoms with van der Waals surface area (Å²) >= 11 is 6.29. The normalized spacial score (nSPS) is 18.7. The lowest BCUT2D eigenvalue weighted by molar-refractivity contribution is 0.193. The van der Waals surface area contributed by atoms with Gasteiger partial charge >= 0.3 is 5.63 Å². The van der Waals surface area contributed by atoms with E-state index in [0.29, 0.717) is 5.58 Å². The zero-order valence-corrected chi connectivity index (χ0v) is 11.0. The van der Waals surface area contributed by atoms with Crippen LogP contribution in [0.1, 0.15) is 19.4 Å². The predicted octanol–water partition coefficient (Wildman–Crippen LogP) is 3.11. The van der Waals surface area contributed by atoms with Crippen LogP contribution in [-0.4, -0.2) is 11.0 Å². The van der Waals surface area contributed by atoms with Gasteiger partial charge in [0.25, 0.3) is 0 Å². The third kappa shape index (κ3) is 1.89. The number of rotatable bonds is 1. The van der Waals surface area contributed by atoms with E-state index in [1.807, 2.05) is 19.9 Å². The van der Waals surface area contributed by atoms with Crippen LogP contribution in [0.25, 0.3) is 11.0 Å². The smallest absolute Gasteiger partial charge is 0.336 e. The highest BCUT2D eigenvalue weighted by Crippen LogP contribution is 2.37. The van der Waals surface area contributed by atoms with E-state index < -0.39 is 4.87 Å². The van der Waals surface area contributed by atoms with Crippen molar-refractivity contribution in [3.63, 3.8) is 0 Å². The average molecular weight is 265 g/mol. The number of ether oxygens (including phenoxy) is 1. The van der Waals surface area contributed by atoms with E-state index >= 15 is 0 Å². The second kappa shape index (κ2) is 3.75. The van der Waals surface area contributed by atoms with Gasteiger partial charge in [0, 0.05) is 23.9 Å². The fraction of sp³-hybridized carbons (Fsp3) is 0.357. The van der Waals surface area contributed by atoms with E-state index in [1.54, 1.807) is 12.1 Å². The van der Waals surface area contributed by atoms with Crippen LogP contribution in [0.4, 0.5) is 0 Å². The molecule has 1 aromatic carbocycles. The summed E-state index contributed by atoms with van der Waals surface area (Å²) in [4.78, 5) is 10.8. The van der Waals surface area contributed by atoms with Crippen LogP contribution < -0.4 is 10.4 Å². The van der Waals surface area contributed by atoms with Crippen molar-refractivity contribution in [3.8, 4) is 5.75 Å². The molecule has 0 fully saturated rings. The topological polar surface area (TPSA) is 39.4 Å². The minimum atomic E-state index is -0.425. The number of alkyl halides is 1. The van der Waals surface area contributed by atoms with Crippen molar-refractivity contribution in [2.24, 2.45) is 0 Å². The van der Waals surface area contributed by atoms with Gasteiger partial charge < -0.3 is 9.15 Å². The van der Waals surface area contributed by atoms with Crippen LogP contribution >= 0.6 is 11.6 Å². The molecule has 2 heterocycles. The molecule has 0 N–H and O–H groups in total. The van der Waals surface area contributed by atoms with Crippen molar-refractivity contribution in [2.45, 2.75) is 31.2 Å². The van der Waals surface area contributed by atoms with Gasteiger partial charge in [-0.3, -0.25) is 0 Å². The fourth-order valence-electron chi connectivity index (χ4n) is 2.19. The number of halogens is 1. The monoisotopic (exact) mass is 264 g/mol. The number of benzene rings is 1. The van der Waals surface area contributed by atoms with Gasteiger partial charge in [0.05, 0.1) is 4.87 Å². The molecular formula is C14H13ClO3. The van der Waals surface area contributed by atoms with E-state index in [-0.39, 0.29) is 11.7 Å². The van der Waals surface area contributed by atoms with E-state index in [2.05, 4.69) is 0 Å². The molecule has 0 radical (unpaired) electrons. The lowest BCUT2D eigenvalue weighted by Gasteiger charge is -2.23. The highest BCUT2D eigenvalue weighted by molar-refractivity contribution is 6.23. The van der Waals surface area contributed by atoms with Crippen molar-refractivity contribution in [2.75, 3.05) is 0 Å². The van der Waals surface area contributed by atoms with Crippen LogP contribution in [0.15, 0.2) is 33.5 Å². The molecule has 0 saturated carbocycles. The van der Waals surface area contributed by atoms with Gasteiger partial charge in [0.15, 0.2) is 0 Å². The second-order valence-corrected chi connectivity index (χ2v) is 6.10. The number of hydrogen-bond acceptors (Lipinski definition) is 3. The number of hydrogen-bond donors (Lipinski definition) is 0. The van der Waals surface area contributed by atoms with E-state index in [0.717, 1.165) is 23.1 Å². The average Bonchev–Trinajstić information content (AvgIpc) is 2.68. The molecule has 4 heteroatoms. The molecule has 3 rings (SSSR count). The van der Waals surface area contributed by atoms with Crippen molar-refractivity contribution in [1.29, 1.82) is 0 Å². The minimum Gasteiger partial charge on any atom is -0.488 e. The Labute approximate surface area is 109 Å². The first kappa shape index (κ1) is 11.6. The number of fused-ring (bicyclic) bond motifs is 2. The first-order chi connectivity index (χ1) is 8.43. The zero-order chi connectivity index (χ0) is 12.9. The third-order valence-electron chi connectivity index (χ3n) is 3.24. The molecule has 1 atom stereocenters. The Morgan fingerprint density at radius 2 is 2.11 bits per heavy atom. The Kier molecular flexibility index (Phi) is 2.42. The lowest BCUT2D eigenvalue weighted by atomic mass is 10.00. The summed E-state index contributed by atoms with van der Waals surface area (Å²) in [6.07, 6.45) is 0.721. The van der Waals surface area contributed by atoms with E-state index in [4.69, 9.17) is 20.8 Å². The second-order valence-electron chi connectivity index (χ2n) is 5.13. The molecule has 0 bridgehead atoms. The molecule has 1 aliphatic heterocycles. The minimum absolute atomic E-state index is 0.0577. The Morgan fingerprint density at radius 1 is 1.33 bits per heavy atom. The first-order valence-corrected chi connectivity index (χ1v) is 6.24. The van der Waals surface area contributed by atoms with Gasteiger partial charge in [0.1, 0.15) is 17.4 Å². The summed E-state index contributed by atoms with van der Waals surface area (Å²) in [6, 6.07) is 6.96. The van der Waals surface area contributed by atoms with Gasteiger partial charge in [-0.1, -0.05) is 0 Å². The quantitative estimate of drug-likeness (QED) is 0.587. The Bertz CT molecular complexity index is 667. The first-order valence-electron chi connectivity index (χ1n) is 5.86. The Morgan fingerprint density at radius 3 is 2.83 bits per heavy atom. The summed E-state index contributed by atoms with van der Waals surface area (Å²) in [5.41, 5.74) is 1.30. The van der Waals surface area contributed by atoms with E-state index in [9.17, 15) is 4.79 Å². The molecule has 18 heavy (non-hydrogen) atoms. The van der Waals surface area contributed by atoms with Gasteiger partial charge in [-0.15, -0.1) is 11.6 Å². The maximum Gasteiger partial charge on any atom is 0.336 e. The molecule has 0 aliphatic carbocycles. The van der Waals surface area contributed by atoms with Crippen molar-refractivity contribution >= 4 is 22.6 Å². The van der Waals surface area contributed by atoms with E-state index in [1.165, 1.54) is 6.07 Å². The van der Waals surface area contributed by atoms with Gasteiger partial charge in [0.2, 0.25) is 0 Å². The van der Waals surface area contributed by atoms with Gasteiger partial charge in [-0.2, -0.15) is 0 Å². The summed E-state index contributed by atoms with van der Waals surface area (Å²) in [7, 11) is 0. The molecular weight excluding hydrogens is 252 g/mol. The lowest BCUT2D eigenvalue weighted by Crippen LogP contribution is -2.34. The molecule has 1 aliphatic rings. The molecule has 0 unspecified atom stereocenters. The van der Waals surface area contributed by atoms with Crippen molar-refractivity contribution in [1.82, 2.24) is 0 Å². The van der Waals surface area contributed by atoms with Crippen molar-refractivity contribution in [3.05, 3.63) is 40.2 Å². The summed E-state index contributed by atoms with van der Waals surface area (Å²) < 4.78 is 11.0. The van der Waals surface area contributed by atoms with Crippen LogP contribution in [0.3, 0.4) is 0 Å². The Balaban J connectivity index is 2.09. The predicted molar refractivity (Wildman–Crippen MR) is 70.5 cm³/mol. The molecule has 94 valence electrons. The van der Waals surface area contributed by atoms with Crippen molar-refractivity contribution < 1.29 is 9.15 Å². The van der Waals surface area contributed by atoms with Crippen LogP contribution in [0.2, 0.25) is 0 Å². The Hall–Kier alpha value is -1.48. The summed E-state index contributed by atoms with van der Waals surface area (Å²) in [5, 5.41) is 0.907. The molecule has 0 amide bonds. The largest absolute Gasteiger partial charge is 0.488 e. The maximum atomic E-state index is 11.2. The molecule has 0 saturated heterocycles. The highest BCUT2D eigenvalue weighted by Gasteiger charge is 2.35. The van der Waals surface area contributed by atoms with Crippen LogP contribution in [0.5, 0.6) is 5.75 Å². The van der Waals surface area contributed by atoms with Crippen LogP contribution in [-0.2, 0) is 6.42 Å². The van der Waals surface area contributed by atoms with Gasteiger partial charge in [-0.25, -0.2) is 4.79 Å². The molecule has 0 spiro atoms. The zero-order valence-electron chi connectivity index (χ0n) is 10.2. The SMILES string of the molecule is CC(C)(Cl)[C@H]1Cc2cc3ccc(=O)oc3cc2O1. The van der Waals surface area contributed by atoms with Gasteiger partial charge in [-0.05, 0) is 31.5 Å². The summed E-state index contributed by atoms with van der Waals surface area (Å²) in [5.74, 6) is 0.760. The fourth-order valence-corrected chi connectivity index (χ4v) is 2.31. The molecule has 2 aromatic rings.